The largest absolute Gasteiger partial charge is 0.357 e. The van der Waals surface area contributed by atoms with Crippen LogP contribution in [0.15, 0.2) is 59.7 Å². The first-order valence-electron chi connectivity index (χ1n) is 8.71. The monoisotopic (exact) mass is 464 g/mol. The minimum atomic E-state index is 0. The first-order chi connectivity index (χ1) is 12.4. The fraction of sp³-hybridized carbons (Fsp3) is 0.316. The first kappa shape index (κ1) is 20.2. The van der Waals surface area contributed by atoms with Crippen LogP contribution >= 0.6 is 24.0 Å². The van der Waals surface area contributed by atoms with E-state index in [2.05, 4.69) is 57.0 Å². The van der Waals surface area contributed by atoms with Gasteiger partial charge in [0.25, 0.3) is 0 Å². The van der Waals surface area contributed by atoms with Gasteiger partial charge in [-0.3, -0.25) is 4.40 Å². The quantitative estimate of drug-likeness (QED) is 0.244. The lowest BCUT2D eigenvalue weighted by molar-refractivity contribution is 0.740. The van der Waals surface area contributed by atoms with Crippen molar-refractivity contribution in [2.75, 3.05) is 13.1 Å². The molecule has 0 aliphatic heterocycles. The zero-order valence-corrected chi connectivity index (χ0v) is 17.3. The van der Waals surface area contributed by atoms with Crippen LogP contribution in [0.2, 0.25) is 0 Å². The summed E-state index contributed by atoms with van der Waals surface area (Å²) in [6.45, 7) is 4.25. The predicted molar refractivity (Wildman–Crippen MR) is 116 cm³/mol. The van der Waals surface area contributed by atoms with Crippen LogP contribution in [0.4, 0.5) is 0 Å². The van der Waals surface area contributed by atoms with Crippen molar-refractivity contribution < 1.29 is 0 Å². The molecule has 0 fully saturated rings. The molecule has 138 valence electrons. The molecular formula is C19H25IN6. The molecule has 0 saturated carbocycles. The van der Waals surface area contributed by atoms with Crippen molar-refractivity contribution in [3.05, 3.63) is 66.1 Å². The Balaban J connectivity index is 0.00000243. The summed E-state index contributed by atoms with van der Waals surface area (Å²) in [7, 11) is 0. The molecule has 0 aliphatic rings. The Bertz CT molecular complexity index is 815. The number of halogens is 1. The number of fused-ring (bicyclic) bond motifs is 1. The fourth-order valence-corrected chi connectivity index (χ4v) is 2.63. The van der Waals surface area contributed by atoms with Crippen molar-refractivity contribution in [2.45, 2.75) is 26.3 Å². The highest BCUT2D eigenvalue weighted by atomic mass is 127. The van der Waals surface area contributed by atoms with Gasteiger partial charge in [0.2, 0.25) is 0 Å². The minimum absolute atomic E-state index is 0. The number of aromatic nitrogens is 3. The number of nitrogens with zero attached hydrogens (tertiary/aromatic N) is 4. The van der Waals surface area contributed by atoms with Crippen molar-refractivity contribution in [3.8, 4) is 0 Å². The third-order valence-electron chi connectivity index (χ3n) is 3.88. The van der Waals surface area contributed by atoms with Crippen molar-refractivity contribution in [2.24, 2.45) is 4.99 Å². The molecular weight excluding hydrogens is 439 g/mol. The number of nitrogens with one attached hydrogen (secondary N) is 2. The van der Waals surface area contributed by atoms with Gasteiger partial charge in [0.1, 0.15) is 6.54 Å². The van der Waals surface area contributed by atoms with E-state index in [1.54, 1.807) is 0 Å². The van der Waals surface area contributed by atoms with E-state index in [1.165, 1.54) is 5.56 Å². The molecule has 0 amide bonds. The molecule has 3 aromatic rings. The van der Waals surface area contributed by atoms with E-state index < -0.39 is 0 Å². The van der Waals surface area contributed by atoms with E-state index in [9.17, 15) is 0 Å². The van der Waals surface area contributed by atoms with E-state index in [1.807, 2.05) is 34.9 Å². The second kappa shape index (κ2) is 10.7. The zero-order chi connectivity index (χ0) is 17.3. The number of pyridine rings is 1. The lowest BCUT2D eigenvalue weighted by Gasteiger charge is -2.11. The van der Waals surface area contributed by atoms with Gasteiger partial charge in [-0.2, -0.15) is 0 Å². The van der Waals surface area contributed by atoms with Gasteiger partial charge in [-0.05, 0) is 37.5 Å². The summed E-state index contributed by atoms with van der Waals surface area (Å²) < 4.78 is 1.96. The number of aryl methyl sites for hydroxylation is 1. The number of hydrogen-bond acceptors (Lipinski definition) is 3. The Morgan fingerprint density at radius 2 is 1.85 bits per heavy atom. The molecule has 0 atom stereocenters. The molecule has 7 heteroatoms. The van der Waals surface area contributed by atoms with Crippen molar-refractivity contribution in [1.29, 1.82) is 0 Å². The van der Waals surface area contributed by atoms with Crippen LogP contribution in [0, 0.1) is 0 Å². The first-order valence-corrected chi connectivity index (χ1v) is 8.71. The van der Waals surface area contributed by atoms with Crippen LogP contribution in [0.1, 0.15) is 24.7 Å². The Labute approximate surface area is 171 Å². The van der Waals surface area contributed by atoms with Gasteiger partial charge in [-0.15, -0.1) is 34.2 Å². The molecule has 0 bridgehead atoms. The van der Waals surface area contributed by atoms with Gasteiger partial charge >= 0.3 is 0 Å². The number of guanidine groups is 1. The summed E-state index contributed by atoms with van der Waals surface area (Å²) in [6, 6.07) is 16.4. The molecule has 0 unspecified atom stereocenters. The smallest absolute Gasteiger partial charge is 0.191 e. The highest BCUT2D eigenvalue weighted by molar-refractivity contribution is 14.0. The third kappa shape index (κ3) is 5.69. The maximum atomic E-state index is 4.62. The van der Waals surface area contributed by atoms with Crippen LogP contribution < -0.4 is 10.6 Å². The normalized spacial score (nSPS) is 11.2. The molecule has 0 radical (unpaired) electrons. The summed E-state index contributed by atoms with van der Waals surface area (Å²) in [5.41, 5.74) is 2.20. The summed E-state index contributed by atoms with van der Waals surface area (Å²) in [4.78, 5) is 4.62. The molecule has 2 heterocycles. The number of hydrogen-bond donors (Lipinski definition) is 2. The number of rotatable bonds is 7. The molecule has 3 rings (SSSR count). The highest BCUT2D eigenvalue weighted by Crippen LogP contribution is 2.04. The maximum Gasteiger partial charge on any atom is 0.191 e. The predicted octanol–water partition coefficient (Wildman–Crippen LogP) is 3.04. The average Bonchev–Trinajstić information content (AvgIpc) is 3.07. The highest BCUT2D eigenvalue weighted by Gasteiger charge is 2.04. The molecule has 2 aromatic heterocycles. The van der Waals surface area contributed by atoms with E-state index in [4.69, 9.17) is 0 Å². The summed E-state index contributed by atoms with van der Waals surface area (Å²) in [5, 5.41) is 15.0. The van der Waals surface area contributed by atoms with Gasteiger partial charge in [0.15, 0.2) is 17.4 Å². The lowest BCUT2D eigenvalue weighted by atomic mass is 10.1. The Kier molecular flexibility index (Phi) is 8.33. The molecule has 2 N–H and O–H groups in total. The van der Waals surface area contributed by atoms with Crippen LogP contribution in [0.5, 0.6) is 0 Å². The summed E-state index contributed by atoms with van der Waals surface area (Å²) in [5.74, 6) is 1.64. The zero-order valence-electron chi connectivity index (χ0n) is 14.9. The van der Waals surface area contributed by atoms with E-state index >= 15 is 0 Å². The van der Waals surface area contributed by atoms with E-state index in [-0.39, 0.29) is 24.0 Å². The minimum Gasteiger partial charge on any atom is -0.357 e. The van der Waals surface area contributed by atoms with Gasteiger partial charge < -0.3 is 10.6 Å². The maximum absolute atomic E-state index is 4.62. The van der Waals surface area contributed by atoms with Gasteiger partial charge in [-0.1, -0.05) is 36.4 Å². The Morgan fingerprint density at radius 1 is 1.04 bits per heavy atom. The molecule has 0 spiro atoms. The molecule has 0 saturated heterocycles. The SMILES string of the molecule is CCNC(=NCc1nnc2ccccn12)NCCCc1ccccc1.I. The summed E-state index contributed by atoms with van der Waals surface area (Å²) in [6.07, 6.45) is 4.07. The summed E-state index contributed by atoms with van der Waals surface area (Å²) >= 11 is 0. The standard InChI is InChI=1S/C19H24N6.HI/c1-2-20-19(21-13-8-11-16-9-4-3-5-10-16)22-15-18-24-23-17-12-6-7-14-25(17)18;/h3-7,9-10,12,14H,2,8,11,13,15H2,1H3,(H2,20,21,22);1H. The molecule has 1 aromatic carbocycles. The van der Waals surface area contributed by atoms with Crippen molar-refractivity contribution >= 4 is 35.6 Å². The average molecular weight is 464 g/mol. The molecule has 0 aliphatic carbocycles. The lowest BCUT2D eigenvalue weighted by Crippen LogP contribution is -2.37. The number of aliphatic imine (C=N–C) groups is 1. The van der Waals surface area contributed by atoms with Gasteiger partial charge in [0.05, 0.1) is 0 Å². The number of benzene rings is 1. The molecule has 6 nitrogen and oxygen atoms in total. The van der Waals surface area contributed by atoms with Crippen LogP contribution in [-0.4, -0.2) is 33.6 Å². The van der Waals surface area contributed by atoms with E-state index in [0.29, 0.717) is 6.54 Å². The van der Waals surface area contributed by atoms with Crippen molar-refractivity contribution in [1.82, 2.24) is 25.2 Å². The van der Waals surface area contributed by atoms with Gasteiger partial charge in [-0.25, -0.2) is 4.99 Å². The Morgan fingerprint density at radius 3 is 2.65 bits per heavy atom. The van der Waals surface area contributed by atoms with Crippen molar-refractivity contribution in [3.63, 3.8) is 0 Å². The third-order valence-corrected chi connectivity index (χ3v) is 3.88. The topological polar surface area (TPSA) is 66.6 Å². The van der Waals surface area contributed by atoms with E-state index in [0.717, 1.165) is 43.4 Å². The Hall–Kier alpha value is -2.16. The van der Waals surface area contributed by atoms with Gasteiger partial charge in [0, 0.05) is 19.3 Å². The molecule has 26 heavy (non-hydrogen) atoms. The van der Waals surface area contributed by atoms with Crippen LogP contribution in [0.3, 0.4) is 0 Å². The second-order valence-corrected chi connectivity index (χ2v) is 5.76. The second-order valence-electron chi connectivity index (χ2n) is 5.76. The van der Waals surface area contributed by atoms with Crippen LogP contribution in [0.25, 0.3) is 5.65 Å². The fourth-order valence-electron chi connectivity index (χ4n) is 2.63. The van der Waals surface area contributed by atoms with Crippen LogP contribution in [-0.2, 0) is 13.0 Å².